The van der Waals surface area contributed by atoms with E-state index >= 15 is 0 Å². The zero-order valence-electron chi connectivity index (χ0n) is 11.8. The van der Waals surface area contributed by atoms with Crippen molar-refractivity contribution in [2.45, 2.75) is 33.2 Å². The summed E-state index contributed by atoms with van der Waals surface area (Å²) in [4.78, 5) is 0. The standard InChI is InChI=1S/C17H21NO/c1-4-15(18)14-9-5-6-10-17(14)19-16-11-7-8-12(2)13(16)3/h5-11,15H,4,18H2,1-3H3. The van der Waals surface area contributed by atoms with Crippen LogP contribution in [0.25, 0.3) is 0 Å². The Morgan fingerprint density at radius 1 is 1.00 bits per heavy atom. The van der Waals surface area contributed by atoms with Crippen molar-refractivity contribution in [2.24, 2.45) is 5.73 Å². The molecular formula is C17H21NO. The summed E-state index contributed by atoms with van der Waals surface area (Å²) < 4.78 is 6.06. The van der Waals surface area contributed by atoms with Gasteiger partial charge in [-0.05, 0) is 43.5 Å². The van der Waals surface area contributed by atoms with Gasteiger partial charge in [-0.2, -0.15) is 0 Å². The molecule has 0 amide bonds. The Kier molecular flexibility index (Phi) is 4.23. The number of rotatable bonds is 4. The van der Waals surface area contributed by atoms with Crippen LogP contribution in [0, 0.1) is 13.8 Å². The van der Waals surface area contributed by atoms with E-state index in [9.17, 15) is 0 Å². The summed E-state index contributed by atoms with van der Waals surface area (Å²) in [6.45, 7) is 6.25. The maximum absolute atomic E-state index is 6.14. The second-order valence-electron chi connectivity index (χ2n) is 4.85. The van der Waals surface area contributed by atoms with Gasteiger partial charge in [0.25, 0.3) is 0 Å². The molecule has 2 N–H and O–H groups in total. The number of nitrogens with two attached hydrogens (primary N) is 1. The molecule has 0 aliphatic heterocycles. The largest absolute Gasteiger partial charge is 0.457 e. The van der Waals surface area contributed by atoms with Gasteiger partial charge in [-0.1, -0.05) is 37.3 Å². The number of hydrogen-bond donors (Lipinski definition) is 1. The first-order valence-corrected chi connectivity index (χ1v) is 6.72. The van der Waals surface area contributed by atoms with E-state index < -0.39 is 0 Å². The minimum absolute atomic E-state index is 0.0151. The number of benzene rings is 2. The van der Waals surface area contributed by atoms with Gasteiger partial charge < -0.3 is 10.5 Å². The Morgan fingerprint density at radius 2 is 1.68 bits per heavy atom. The van der Waals surface area contributed by atoms with E-state index in [1.807, 2.05) is 36.4 Å². The zero-order valence-corrected chi connectivity index (χ0v) is 11.8. The van der Waals surface area contributed by atoms with Crippen molar-refractivity contribution in [1.82, 2.24) is 0 Å². The predicted octanol–water partition coefficient (Wildman–Crippen LogP) is 4.51. The molecule has 0 aliphatic carbocycles. The Bertz CT molecular complexity index is 563. The highest BCUT2D eigenvalue weighted by Crippen LogP contribution is 2.32. The molecule has 100 valence electrons. The predicted molar refractivity (Wildman–Crippen MR) is 79.7 cm³/mol. The summed E-state index contributed by atoms with van der Waals surface area (Å²) in [7, 11) is 0. The minimum atomic E-state index is 0.0151. The molecule has 2 heteroatoms. The van der Waals surface area contributed by atoms with Crippen LogP contribution in [0.2, 0.25) is 0 Å². The molecule has 0 aromatic heterocycles. The lowest BCUT2D eigenvalue weighted by molar-refractivity contribution is 0.465. The molecule has 0 radical (unpaired) electrons. The highest BCUT2D eigenvalue weighted by molar-refractivity contribution is 5.44. The Morgan fingerprint density at radius 3 is 2.42 bits per heavy atom. The second-order valence-corrected chi connectivity index (χ2v) is 4.85. The van der Waals surface area contributed by atoms with Gasteiger partial charge in [0.1, 0.15) is 11.5 Å². The maximum atomic E-state index is 6.14. The van der Waals surface area contributed by atoms with E-state index in [1.54, 1.807) is 0 Å². The van der Waals surface area contributed by atoms with Gasteiger partial charge in [-0.25, -0.2) is 0 Å². The lowest BCUT2D eigenvalue weighted by atomic mass is 10.0. The topological polar surface area (TPSA) is 35.2 Å². The van der Waals surface area contributed by atoms with Crippen LogP contribution < -0.4 is 10.5 Å². The van der Waals surface area contributed by atoms with E-state index in [1.165, 1.54) is 11.1 Å². The summed E-state index contributed by atoms with van der Waals surface area (Å²) in [6.07, 6.45) is 0.896. The number of ether oxygens (including phenoxy) is 1. The smallest absolute Gasteiger partial charge is 0.132 e. The molecule has 0 saturated heterocycles. The molecule has 0 aliphatic rings. The van der Waals surface area contributed by atoms with Gasteiger partial charge >= 0.3 is 0 Å². The quantitative estimate of drug-likeness (QED) is 0.872. The second kappa shape index (κ2) is 5.89. The molecule has 0 bridgehead atoms. The van der Waals surface area contributed by atoms with Crippen LogP contribution in [-0.2, 0) is 0 Å². The monoisotopic (exact) mass is 255 g/mol. The highest BCUT2D eigenvalue weighted by atomic mass is 16.5. The molecule has 1 atom stereocenters. The lowest BCUT2D eigenvalue weighted by Crippen LogP contribution is -2.09. The third kappa shape index (κ3) is 2.96. The van der Waals surface area contributed by atoms with Gasteiger partial charge in [0.05, 0.1) is 0 Å². The Labute approximate surface area is 115 Å². The molecule has 1 unspecified atom stereocenters. The fraction of sp³-hybridized carbons (Fsp3) is 0.294. The van der Waals surface area contributed by atoms with Crippen molar-refractivity contribution in [3.8, 4) is 11.5 Å². The number of hydrogen-bond acceptors (Lipinski definition) is 2. The van der Waals surface area contributed by atoms with E-state index in [-0.39, 0.29) is 6.04 Å². The van der Waals surface area contributed by atoms with E-state index in [0.717, 1.165) is 23.5 Å². The first kappa shape index (κ1) is 13.6. The third-order valence-corrected chi connectivity index (χ3v) is 3.53. The summed E-state index contributed by atoms with van der Waals surface area (Å²) in [5.41, 5.74) is 9.60. The molecule has 2 rings (SSSR count). The molecule has 2 aromatic rings. The highest BCUT2D eigenvalue weighted by Gasteiger charge is 2.11. The summed E-state index contributed by atoms with van der Waals surface area (Å²) >= 11 is 0. The summed E-state index contributed by atoms with van der Waals surface area (Å²) in [6, 6.07) is 14.1. The van der Waals surface area contributed by atoms with E-state index in [4.69, 9.17) is 10.5 Å². The number of para-hydroxylation sites is 1. The van der Waals surface area contributed by atoms with Gasteiger partial charge in [-0.3, -0.25) is 0 Å². The molecule has 0 heterocycles. The number of aryl methyl sites for hydroxylation is 1. The van der Waals surface area contributed by atoms with Gasteiger partial charge in [0.2, 0.25) is 0 Å². The molecule has 2 aromatic carbocycles. The SMILES string of the molecule is CCC(N)c1ccccc1Oc1cccc(C)c1C. The van der Waals surface area contributed by atoms with Crippen LogP contribution >= 0.6 is 0 Å². The van der Waals surface area contributed by atoms with Crippen LogP contribution in [-0.4, -0.2) is 0 Å². The zero-order chi connectivity index (χ0) is 13.8. The molecule has 0 spiro atoms. The van der Waals surface area contributed by atoms with Crippen molar-refractivity contribution < 1.29 is 4.74 Å². The lowest BCUT2D eigenvalue weighted by Gasteiger charge is -2.17. The first-order valence-electron chi connectivity index (χ1n) is 6.72. The van der Waals surface area contributed by atoms with Crippen LogP contribution in [0.1, 0.15) is 36.1 Å². The van der Waals surface area contributed by atoms with Crippen LogP contribution in [0.3, 0.4) is 0 Å². The molecule has 0 fully saturated rings. The maximum Gasteiger partial charge on any atom is 0.132 e. The minimum Gasteiger partial charge on any atom is -0.457 e. The molecule has 2 nitrogen and oxygen atoms in total. The van der Waals surface area contributed by atoms with Gasteiger partial charge in [-0.15, -0.1) is 0 Å². The van der Waals surface area contributed by atoms with Gasteiger partial charge in [0.15, 0.2) is 0 Å². The van der Waals surface area contributed by atoms with E-state index in [2.05, 4.69) is 26.8 Å². The summed E-state index contributed by atoms with van der Waals surface area (Å²) in [5.74, 6) is 1.75. The van der Waals surface area contributed by atoms with Gasteiger partial charge in [0, 0.05) is 11.6 Å². The average molecular weight is 255 g/mol. The Balaban J connectivity index is 2.36. The van der Waals surface area contributed by atoms with Crippen molar-refractivity contribution in [3.05, 3.63) is 59.2 Å². The summed E-state index contributed by atoms with van der Waals surface area (Å²) in [5, 5.41) is 0. The fourth-order valence-corrected chi connectivity index (χ4v) is 2.05. The Hall–Kier alpha value is -1.80. The average Bonchev–Trinajstić information content (AvgIpc) is 2.43. The fourth-order valence-electron chi connectivity index (χ4n) is 2.05. The van der Waals surface area contributed by atoms with Crippen LogP contribution in [0.4, 0.5) is 0 Å². The van der Waals surface area contributed by atoms with Crippen LogP contribution in [0.5, 0.6) is 11.5 Å². The van der Waals surface area contributed by atoms with Crippen molar-refractivity contribution in [2.75, 3.05) is 0 Å². The van der Waals surface area contributed by atoms with E-state index in [0.29, 0.717) is 0 Å². The molecule has 19 heavy (non-hydrogen) atoms. The van der Waals surface area contributed by atoms with Crippen molar-refractivity contribution >= 4 is 0 Å². The van der Waals surface area contributed by atoms with Crippen LogP contribution in [0.15, 0.2) is 42.5 Å². The first-order chi connectivity index (χ1) is 9.13. The molecule has 0 saturated carbocycles. The van der Waals surface area contributed by atoms with Crippen molar-refractivity contribution in [1.29, 1.82) is 0 Å². The van der Waals surface area contributed by atoms with Crippen molar-refractivity contribution in [3.63, 3.8) is 0 Å². The normalized spacial score (nSPS) is 12.2. The third-order valence-electron chi connectivity index (χ3n) is 3.53. The molecular weight excluding hydrogens is 234 g/mol.